The van der Waals surface area contributed by atoms with Crippen molar-refractivity contribution in [3.63, 3.8) is 0 Å². The van der Waals surface area contributed by atoms with E-state index in [0.29, 0.717) is 20.9 Å². The van der Waals surface area contributed by atoms with Gasteiger partial charge < -0.3 is 14.8 Å². The summed E-state index contributed by atoms with van der Waals surface area (Å²) in [7, 11) is 0. The fraction of sp³-hybridized carbons (Fsp3) is 0.533. The van der Waals surface area contributed by atoms with Crippen LogP contribution in [0, 0.1) is 13.8 Å². The summed E-state index contributed by atoms with van der Waals surface area (Å²) in [6, 6.07) is 0. The summed E-state index contributed by atoms with van der Waals surface area (Å²) in [6.45, 7) is 10.0. The molecule has 1 saturated heterocycles. The number of likely N-dealkylation sites (N-methyl/N-ethyl adjacent to an activating group) is 1. The van der Waals surface area contributed by atoms with Crippen molar-refractivity contribution in [2.24, 2.45) is 0 Å². The van der Waals surface area contributed by atoms with Gasteiger partial charge in [-0.2, -0.15) is 0 Å². The van der Waals surface area contributed by atoms with Crippen molar-refractivity contribution in [2.45, 2.75) is 20.8 Å². The molecule has 1 fully saturated rings. The van der Waals surface area contributed by atoms with E-state index in [1.165, 1.54) is 11.3 Å². The van der Waals surface area contributed by atoms with Gasteiger partial charge in [-0.3, -0.25) is 9.59 Å². The number of fused-ring (bicyclic) bond motifs is 1. The number of thiophene rings is 1. The second kappa shape index (κ2) is 5.81. The number of amides is 1. The van der Waals surface area contributed by atoms with Crippen LogP contribution in [-0.2, 0) is 0 Å². The average Bonchev–Trinajstić information content (AvgIpc) is 2.83. The van der Waals surface area contributed by atoms with Crippen LogP contribution in [0.4, 0.5) is 0 Å². The molecule has 0 aromatic carbocycles. The van der Waals surface area contributed by atoms with E-state index in [1.54, 1.807) is 6.92 Å². The first-order valence-electron chi connectivity index (χ1n) is 7.53. The highest BCUT2D eigenvalue weighted by Gasteiger charge is 2.26. The Balaban J connectivity index is 1.93. The Morgan fingerprint density at radius 1 is 1.27 bits per heavy atom. The molecule has 0 radical (unpaired) electrons. The minimum absolute atomic E-state index is 0.0216. The molecule has 0 unspecified atom stereocenters. The Morgan fingerprint density at radius 2 is 1.95 bits per heavy atom. The Bertz CT molecular complexity index is 772. The Labute approximate surface area is 132 Å². The van der Waals surface area contributed by atoms with Crippen LogP contribution >= 0.6 is 11.3 Å². The van der Waals surface area contributed by atoms with E-state index in [9.17, 15) is 9.59 Å². The molecule has 6 nitrogen and oxygen atoms in total. The molecule has 1 amide bonds. The lowest BCUT2D eigenvalue weighted by molar-refractivity contribution is 0.0647. The van der Waals surface area contributed by atoms with Gasteiger partial charge in [-0.1, -0.05) is 6.92 Å². The van der Waals surface area contributed by atoms with Crippen molar-refractivity contribution < 1.29 is 4.79 Å². The standard InChI is InChI=1S/C15H20N4O2S/c1-4-18-5-7-19(8-6-18)15(21)12-9(2)11-13(20)16-10(3)17-14(11)22-12/h4-8H2,1-3H3,(H,16,17,20). The molecular formula is C15H20N4O2S. The molecule has 1 aliphatic rings. The summed E-state index contributed by atoms with van der Waals surface area (Å²) in [6.07, 6.45) is 0. The zero-order valence-electron chi connectivity index (χ0n) is 13.1. The number of carbonyl (C=O) groups is 1. The van der Waals surface area contributed by atoms with Crippen LogP contribution in [0.15, 0.2) is 4.79 Å². The summed E-state index contributed by atoms with van der Waals surface area (Å²) < 4.78 is 0. The van der Waals surface area contributed by atoms with Crippen molar-refractivity contribution in [1.82, 2.24) is 19.8 Å². The molecule has 0 aliphatic carbocycles. The van der Waals surface area contributed by atoms with Crippen molar-refractivity contribution >= 4 is 27.5 Å². The van der Waals surface area contributed by atoms with E-state index in [4.69, 9.17) is 0 Å². The number of aromatic nitrogens is 2. The van der Waals surface area contributed by atoms with Gasteiger partial charge in [0, 0.05) is 26.2 Å². The quantitative estimate of drug-likeness (QED) is 0.907. The largest absolute Gasteiger partial charge is 0.335 e. The lowest BCUT2D eigenvalue weighted by Gasteiger charge is -2.33. The summed E-state index contributed by atoms with van der Waals surface area (Å²) >= 11 is 1.32. The van der Waals surface area contributed by atoms with Gasteiger partial charge in [-0.05, 0) is 26.0 Å². The van der Waals surface area contributed by atoms with E-state index in [0.717, 1.165) is 38.3 Å². The predicted molar refractivity (Wildman–Crippen MR) is 87.7 cm³/mol. The molecule has 1 N–H and O–H groups in total. The number of carbonyl (C=O) groups excluding carboxylic acids is 1. The summed E-state index contributed by atoms with van der Waals surface area (Å²) in [5, 5.41) is 0.547. The van der Waals surface area contributed by atoms with Crippen LogP contribution < -0.4 is 5.56 Å². The molecule has 7 heteroatoms. The van der Waals surface area contributed by atoms with Gasteiger partial charge >= 0.3 is 0 Å². The maximum atomic E-state index is 12.8. The maximum absolute atomic E-state index is 12.8. The van der Waals surface area contributed by atoms with Crippen molar-refractivity contribution in [1.29, 1.82) is 0 Å². The fourth-order valence-corrected chi connectivity index (χ4v) is 4.06. The number of nitrogens with zero attached hydrogens (tertiary/aromatic N) is 3. The normalized spacial score (nSPS) is 16.4. The van der Waals surface area contributed by atoms with E-state index >= 15 is 0 Å². The Morgan fingerprint density at radius 3 is 2.59 bits per heavy atom. The predicted octanol–water partition coefficient (Wildman–Crippen LogP) is 1.38. The van der Waals surface area contributed by atoms with Gasteiger partial charge in [-0.25, -0.2) is 4.98 Å². The van der Waals surface area contributed by atoms with Crippen LogP contribution in [0.25, 0.3) is 10.2 Å². The lowest BCUT2D eigenvalue weighted by atomic mass is 10.2. The van der Waals surface area contributed by atoms with Crippen molar-refractivity contribution in [3.05, 3.63) is 26.6 Å². The zero-order chi connectivity index (χ0) is 15.9. The highest BCUT2D eigenvalue weighted by molar-refractivity contribution is 7.20. The molecule has 3 rings (SSSR count). The van der Waals surface area contributed by atoms with Crippen LogP contribution in [0.1, 0.15) is 28.0 Å². The Kier molecular flexibility index (Phi) is 4.01. The van der Waals surface area contributed by atoms with Gasteiger partial charge in [0.15, 0.2) is 0 Å². The number of hydrogen-bond donors (Lipinski definition) is 1. The van der Waals surface area contributed by atoms with Crippen LogP contribution in [0.2, 0.25) is 0 Å². The van der Waals surface area contributed by atoms with Gasteiger partial charge in [0.1, 0.15) is 10.7 Å². The van der Waals surface area contributed by atoms with E-state index in [-0.39, 0.29) is 11.5 Å². The molecule has 2 aromatic rings. The summed E-state index contributed by atoms with van der Waals surface area (Å²) in [5.74, 6) is 0.600. The molecule has 2 aromatic heterocycles. The van der Waals surface area contributed by atoms with Gasteiger partial charge in [0.2, 0.25) is 0 Å². The summed E-state index contributed by atoms with van der Waals surface area (Å²) in [5.41, 5.74) is 0.586. The highest BCUT2D eigenvalue weighted by Crippen LogP contribution is 2.28. The smallest absolute Gasteiger partial charge is 0.264 e. The first kappa shape index (κ1) is 15.2. The van der Waals surface area contributed by atoms with Crippen LogP contribution in [0.3, 0.4) is 0 Å². The number of hydrogen-bond acceptors (Lipinski definition) is 5. The van der Waals surface area contributed by atoms with Gasteiger partial charge in [-0.15, -0.1) is 11.3 Å². The Hall–Kier alpha value is -1.73. The number of H-pyrrole nitrogens is 1. The number of nitrogens with one attached hydrogen (secondary N) is 1. The number of rotatable bonds is 2. The molecule has 0 spiro atoms. The van der Waals surface area contributed by atoms with Crippen LogP contribution in [0.5, 0.6) is 0 Å². The third-order valence-electron chi connectivity index (χ3n) is 4.22. The molecule has 0 bridgehead atoms. The molecule has 3 heterocycles. The molecule has 0 saturated carbocycles. The van der Waals surface area contributed by atoms with E-state index in [2.05, 4.69) is 21.8 Å². The average molecular weight is 320 g/mol. The third-order valence-corrected chi connectivity index (χ3v) is 5.39. The number of aryl methyl sites for hydroxylation is 2. The molecule has 1 aliphatic heterocycles. The van der Waals surface area contributed by atoms with E-state index < -0.39 is 0 Å². The van der Waals surface area contributed by atoms with Crippen molar-refractivity contribution in [3.8, 4) is 0 Å². The molecular weight excluding hydrogens is 300 g/mol. The second-order valence-corrected chi connectivity index (χ2v) is 6.61. The molecule has 22 heavy (non-hydrogen) atoms. The minimum atomic E-state index is -0.161. The number of aromatic amines is 1. The maximum Gasteiger partial charge on any atom is 0.264 e. The highest BCUT2D eigenvalue weighted by atomic mass is 32.1. The molecule has 0 atom stereocenters. The first-order chi connectivity index (χ1) is 10.5. The zero-order valence-corrected chi connectivity index (χ0v) is 13.9. The molecule has 118 valence electrons. The fourth-order valence-electron chi connectivity index (χ4n) is 2.87. The lowest BCUT2D eigenvalue weighted by Crippen LogP contribution is -2.48. The third kappa shape index (κ3) is 2.55. The SMILES string of the molecule is CCN1CCN(C(=O)c2sc3nc(C)[nH]c(=O)c3c2C)CC1. The minimum Gasteiger partial charge on any atom is -0.335 e. The van der Waals surface area contributed by atoms with E-state index in [1.807, 2.05) is 11.8 Å². The topological polar surface area (TPSA) is 69.3 Å². The van der Waals surface area contributed by atoms with Crippen molar-refractivity contribution in [2.75, 3.05) is 32.7 Å². The number of piperazine rings is 1. The first-order valence-corrected chi connectivity index (χ1v) is 8.34. The van der Waals surface area contributed by atoms with Crippen LogP contribution in [-0.4, -0.2) is 58.4 Å². The van der Waals surface area contributed by atoms with Gasteiger partial charge in [0.05, 0.1) is 10.3 Å². The monoisotopic (exact) mass is 320 g/mol. The second-order valence-electron chi connectivity index (χ2n) is 5.61. The summed E-state index contributed by atoms with van der Waals surface area (Å²) in [4.78, 5) is 37.4. The van der Waals surface area contributed by atoms with Gasteiger partial charge in [0.25, 0.3) is 11.5 Å².